The van der Waals surface area contributed by atoms with Gasteiger partial charge in [-0.25, -0.2) is 19.7 Å². The summed E-state index contributed by atoms with van der Waals surface area (Å²) >= 11 is 0. The number of carbonyl (C=O) groups is 2. The largest absolute Gasteiger partial charge is 0.332 e. The fraction of sp³-hybridized carbons (Fsp3) is 0.324. The van der Waals surface area contributed by atoms with Crippen molar-refractivity contribution in [3.63, 3.8) is 0 Å². The third kappa shape index (κ3) is 4.56. The van der Waals surface area contributed by atoms with Gasteiger partial charge in [-0.2, -0.15) is 0 Å². The maximum absolute atomic E-state index is 14.1. The van der Waals surface area contributed by atoms with Gasteiger partial charge in [-0.15, -0.1) is 5.92 Å². The number of rotatable bonds is 5. The summed E-state index contributed by atoms with van der Waals surface area (Å²) < 4.78 is 4.33. The molecule has 4 heterocycles. The van der Waals surface area contributed by atoms with E-state index in [4.69, 9.17) is 4.98 Å². The van der Waals surface area contributed by atoms with Crippen molar-refractivity contribution in [2.75, 3.05) is 0 Å². The van der Waals surface area contributed by atoms with E-state index in [2.05, 4.69) is 21.8 Å². The molecule has 226 valence electrons. The number of para-hydroxylation sites is 1. The minimum Gasteiger partial charge on any atom is -0.310 e. The van der Waals surface area contributed by atoms with Gasteiger partial charge in [0.2, 0.25) is 0 Å². The molecule has 0 radical (unpaired) electrons. The molecule has 1 aliphatic heterocycles. The maximum atomic E-state index is 14.1. The van der Waals surface area contributed by atoms with Crippen LogP contribution in [0.15, 0.2) is 58.1 Å². The zero-order valence-electron chi connectivity index (χ0n) is 25.3. The van der Waals surface area contributed by atoms with E-state index in [0.717, 1.165) is 34.0 Å². The van der Waals surface area contributed by atoms with Gasteiger partial charge in [0.05, 0.1) is 29.7 Å². The van der Waals surface area contributed by atoms with Gasteiger partial charge in [0.1, 0.15) is 11.6 Å². The Bertz CT molecular complexity index is 2200. The molecule has 0 saturated heterocycles. The molecule has 3 aromatic heterocycles. The predicted octanol–water partition coefficient (Wildman–Crippen LogP) is 3.54. The Balaban J connectivity index is 1.30. The van der Waals surface area contributed by atoms with Gasteiger partial charge in [-0.3, -0.25) is 28.4 Å². The van der Waals surface area contributed by atoms with E-state index in [1.807, 2.05) is 31.2 Å². The van der Waals surface area contributed by atoms with E-state index in [9.17, 15) is 19.2 Å². The van der Waals surface area contributed by atoms with Crippen LogP contribution in [0.5, 0.6) is 0 Å². The normalized spacial score (nSPS) is 18.0. The lowest BCUT2D eigenvalue weighted by molar-refractivity contribution is 0.0537. The zero-order valence-corrected chi connectivity index (χ0v) is 25.3. The highest BCUT2D eigenvalue weighted by Gasteiger charge is 2.42. The number of carbonyl (C=O) groups excluding carboxylic acids is 2. The second-order valence-electron chi connectivity index (χ2n) is 11.7. The zero-order chi connectivity index (χ0) is 31.4. The first-order valence-corrected chi connectivity index (χ1v) is 15.1. The molecule has 11 heteroatoms. The first kappa shape index (κ1) is 28.4. The van der Waals surface area contributed by atoms with Crippen LogP contribution >= 0.6 is 0 Å². The number of aromatic nitrogens is 6. The number of nitrogens with zero attached hydrogens (tertiary/aromatic N) is 7. The lowest BCUT2D eigenvalue weighted by Crippen LogP contribution is -2.42. The molecule has 7 rings (SSSR count). The predicted molar refractivity (Wildman–Crippen MR) is 168 cm³/mol. The number of fused-ring (bicyclic) bond motifs is 3. The summed E-state index contributed by atoms with van der Waals surface area (Å²) in [6.45, 7) is 3.71. The monoisotopic (exact) mass is 601 g/mol. The topological polar surface area (TPSA) is 125 Å². The van der Waals surface area contributed by atoms with Crippen molar-refractivity contribution in [1.82, 2.24) is 33.6 Å². The molecule has 1 aliphatic carbocycles. The number of hydrogen-bond acceptors (Lipinski definition) is 7. The van der Waals surface area contributed by atoms with Gasteiger partial charge in [-0.05, 0) is 51.3 Å². The Hall–Kier alpha value is -5.37. The van der Waals surface area contributed by atoms with Crippen molar-refractivity contribution in [2.24, 2.45) is 7.05 Å². The van der Waals surface area contributed by atoms with Crippen molar-refractivity contribution in [3.05, 3.63) is 97.8 Å². The Morgan fingerprint density at radius 1 is 0.889 bits per heavy atom. The van der Waals surface area contributed by atoms with E-state index in [1.165, 1.54) is 9.47 Å². The van der Waals surface area contributed by atoms with Crippen molar-refractivity contribution < 1.29 is 9.59 Å². The Morgan fingerprint density at radius 2 is 1.60 bits per heavy atom. The number of imide groups is 1. The SMILES string of the molecule is CC#CCn1c(C2CCC[C@H](N3C(=O)c4ccccc4C3=O)C2)nc2c1c(=O)n(Cc1nc(C)c3ccccc3n1)c(=O)n2C. The average molecular weight is 602 g/mol. The van der Waals surface area contributed by atoms with E-state index >= 15 is 0 Å². The van der Waals surface area contributed by atoms with Crippen LogP contribution in [-0.4, -0.2) is 51.4 Å². The minimum absolute atomic E-state index is 0.0989. The van der Waals surface area contributed by atoms with Gasteiger partial charge >= 0.3 is 5.69 Å². The molecule has 0 N–H and O–H groups in total. The van der Waals surface area contributed by atoms with Crippen molar-refractivity contribution >= 4 is 33.9 Å². The summed E-state index contributed by atoms with van der Waals surface area (Å²) in [6.07, 6.45) is 2.72. The van der Waals surface area contributed by atoms with Gasteiger partial charge in [0, 0.05) is 30.1 Å². The van der Waals surface area contributed by atoms with Gasteiger partial charge < -0.3 is 4.57 Å². The van der Waals surface area contributed by atoms with Crippen LogP contribution in [0.4, 0.5) is 0 Å². The molecule has 11 nitrogen and oxygen atoms in total. The third-order valence-corrected chi connectivity index (χ3v) is 9.02. The number of amides is 2. The first-order chi connectivity index (χ1) is 21.8. The van der Waals surface area contributed by atoms with Crippen LogP contribution in [0.3, 0.4) is 0 Å². The summed E-state index contributed by atoms with van der Waals surface area (Å²) in [7, 11) is 1.60. The minimum atomic E-state index is -0.521. The summed E-state index contributed by atoms with van der Waals surface area (Å²) in [5.41, 5.74) is 1.88. The molecule has 2 aromatic carbocycles. The van der Waals surface area contributed by atoms with Crippen LogP contribution in [0.1, 0.15) is 76.6 Å². The van der Waals surface area contributed by atoms with E-state index in [0.29, 0.717) is 35.6 Å². The van der Waals surface area contributed by atoms with Crippen LogP contribution in [0, 0.1) is 18.8 Å². The lowest BCUT2D eigenvalue weighted by atomic mass is 9.84. The molecular weight excluding hydrogens is 570 g/mol. The van der Waals surface area contributed by atoms with Crippen LogP contribution in [-0.2, 0) is 20.1 Å². The third-order valence-electron chi connectivity index (χ3n) is 9.02. The Labute approximate surface area is 258 Å². The van der Waals surface area contributed by atoms with Crippen molar-refractivity contribution in [1.29, 1.82) is 0 Å². The number of hydrogen-bond donors (Lipinski definition) is 0. The quantitative estimate of drug-likeness (QED) is 0.223. The van der Waals surface area contributed by atoms with Crippen LogP contribution < -0.4 is 11.2 Å². The highest BCUT2D eigenvalue weighted by Crippen LogP contribution is 2.38. The van der Waals surface area contributed by atoms with E-state index < -0.39 is 11.2 Å². The molecule has 45 heavy (non-hydrogen) atoms. The molecule has 0 bridgehead atoms. The van der Waals surface area contributed by atoms with Gasteiger partial charge in [0.25, 0.3) is 17.4 Å². The molecule has 1 fully saturated rings. The standard InChI is InChI=1S/C34H31N7O4/c1-4-5-17-39-28-30(38(3)34(45)40(33(28)44)19-27-35-20(2)23-13-8-9-16-26(23)36-27)37-29(39)21-11-10-12-22(18-21)41-31(42)24-14-6-7-15-25(24)32(41)43/h6-9,13-16,21-22H,10-12,17-19H2,1-3H3/t21?,22-/m0/s1. The van der Waals surface area contributed by atoms with Crippen molar-refractivity contribution in [3.8, 4) is 11.8 Å². The molecule has 1 unspecified atom stereocenters. The summed E-state index contributed by atoms with van der Waals surface area (Å²) in [5, 5.41) is 0.907. The Kier molecular flexibility index (Phi) is 6.92. The number of imidazole rings is 1. The molecule has 5 aromatic rings. The van der Waals surface area contributed by atoms with Gasteiger partial charge in [0.15, 0.2) is 11.2 Å². The second-order valence-corrected chi connectivity index (χ2v) is 11.7. The molecule has 2 atom stereocenters. The molecule has 1 saturated carbocycles. The van der Waals surface area contributed by atoms with E-state index in [-0.39, 0.29) is 48.0 Å². The fourth-order valence-electron chi connectivity index (χ4n) is 6.84. The molecule has 2 aliphatic rings. The summed E-state index contributed by atoms with van der Waals surface area (Å²) in [4.78, 5) is 69.7. The molecular formula is C34H31N7O4. The maximum Gasteiger partial charge on any atom is 0.332 e. The number of aryl methyl sites for hydroxylation is 2. The van der Waals surface area contributed by atoms with Crippen LogP contribution in [0.25, 0.3) is 22.1 Å². The fourth-order valence-corrected chi connectivity index (χ4v) is 6.84. The molecule has 2 amide bonds. The summed E-state index contributed by atoms with van der Waals surface area (Å²) in [5.74, 6) is 6.25. The highest BCUT2D eigenvalue weighted by molar-refractivity contribution is 6.21. The van der Waals surface area contributed by atoms with Crippen molar-refractivity contribution in [2.45, 2.75) is 64.6 Å². The Morgan fingerprint density at radius 3 is 2.33 bits per heavy atom. The number of benzene rings is 2. The van der Waals surface area contributed by atoms with Gasteiger partial charge in [-0.1, -0.05) is 42.7 Å². The second kappa shape index (κ2) is 11.0. The summed E-state index contributed by atoms with van der Waals surface area (Å²) in [6, 6.07) is 14.2. The smallest absolute Gasteiger partial charge is 0.310 e. The average Bonchev–Trinajstić information content (AvgIpc) is 3.56. The van der Waals surface area contributed by atoms with E-state index in [1.54, 1.807) is 42.8 Å². The molecule has 0 spiro atoms. The lowest BCUT2D eigenvalue weighted by Gasteiger charge is -2.34. The highest BCUT2D eigenvalue weighted by atomic mass is 16.2. The van der Waals surface area contributed by atoms with Crippen LogP contribution in [0.2, 0.25) is 0 Å². The first-order valence-electron chi connectivity index (χ1n) is 15.1.